The van der Waals surface area contributed by atoms with E-state index in [1.807, 2.05) is 20.8 Å². The van der Waals surface area contributed by atoms with Gasteiger partial charge in [0, 0.05) is 6.54 Å². The molecular weight excluding hydrogens is 214 g/mol. The van der Waals surface area contributed by atoms with Crippen LogP contribution >= 0.6 is 0 Å². The Labute approximate surface area is 93.1 Å². The summed E-state index contributed by atoms with van der Waals surface area (Å²) in [6.07, 6.45) is 1.57. The molecular formula is C10H23NO3S. The molecule has 1 unspecified atom stereocenters. The van der Waals surface area contributed by atoms with Crippen LogP contribution in [0.1, 0.15) is 40.0 Å². The van der Waals surface area contributed by atoms with Crippen LogP contribution in [-0.4, -0.2) is 31.9 Å². The molecule has 0 aromatic carbocycles. The van der Waals surface area contributed by atoms with Crippen molar-refractivity contribution in [3.63, 3.8) is 0 Å². The molecule has 0 spiro atoms. The average Bonchev–Trinajstić information content (AvgIpc) is 2.13. The number of nitrogens with one attached hydrogen (secondary N) is 1. The monoisotopic (exact) mass is 237 g/mol. The van der Waals surface area contributed by atoms with Crippen molar-refractivity contribution in [1.82, 2.24) is 4.72 Å². The van der Waals surface area contributed by atoms with E-state index in [0.717, 1.165) is 6.42 Å². The molecule has 0 bridgehead atoms. The van der Waals surface area contributed by atoms with Gasteiger partial charge in [-0.15, -0.1) is 0 Å². The molecule has 0 aromatic heterocycles. The van der Waals surface area contributed by atoms with E-state index in [0.29, 0.717) is 18.8 Å². The normalized spacial score (nSPS) is 14.5. The first-order chi connectivity index (χ1) is 6.87. The topological polar surface area (TPSA) is 66.4 Å². The van der Waals surface area contributed by atoms with Gasteiger partial charge in [0.2, 0.25) is 10.0 Å². The Morgan fingerprint density at radius 2 is 1.87 bits per heavy atom. The van der Waals surface area contributed by atoms with Crippen LogP contribution in [0.5, 0.6) is 0 Å². The minimum atomic E-state index is -3.20. The number of hydrogen-bond acceptors (Lipinski definition) is 3. The Morgan fingerprint density at radius 3 is 2.33 bits per heavy atom. The lowest BCUT2D eigenvalue weighted by Gasteiger charge is -2.11. The van der Waals surface area contributed by atoms with Gasteiger partial charge < -0.3 is 5.11 Å². The van der Waals surface area contributed by atoms with Gasteiger partial charge in [-0.05, 0) is 18.8 Å². The molecule has 1 atom stereocenters. The third kappa shape index (κ3) is 8.84. The summed E-state index contributed by atoms with van der Waals surface area (Å²) in [4.78, 5) is 0. The molecule has 0 heterocycles. The molecule has 0 saturated heterocycles. The van der Waals surface area contributed by atoms with Gasteiger partial charge in [0.1, 0.15) is 0 Å². The minimum absolute atomic E-state index is 0.133. The maximum absolute atomic E-state index is 11.4. The molecule has 4 nitrogen and oxygen atoms in total. The van der Waals surface area contributed by atoms with Crippen molar-refractivity contribution in [3.8, 4) is 0 Å². The summed E-state index contributed by atoms with van der Waals surface area (Å²) in [5.41, 5.74) is 0. The smallest absolute Gasteiger partial charge is 0.211 e. The lowest BCUT2D eigenvalue weighted by Crippen LogP contribution is -2.33. The zero-order chi connectivity index (χ0) is 11.9. The van der Waals surface area contributed by atoms with Crippen LogP contribution in [0, 0.1) is 5.92 Å². The molecule has 0 radical (unpaired) electrons. The summed E-state index contributed by atoms with van der Waals surface area (Å²) < 4.78 is 25.3. The first-order valence-electron chi connectivity index (χ1n) is 5.52. The number of aliphatic hydroxyl groups is 1. The third-order valence-corrected chi connectivity index (χ3v) is 3.50. The Hall–Kier alpha value is -0.130. The standard InChI is InChI=1S/C10H23NO3S/c1-4-5-10(12)8-11-15(13,14)7-6-9(2)3/h9-12H,4-8H2,1-3H3. The molecule has 0 aliphatic heterocycles. The van der Waals surface area contributed by atoms with Gasteiger partial charge in [0.15, 0.2) is 0 Å². The molecule has 0 aliphatic carbocycles. The van der Waals surface area contributed by atoms with Crippen LogP contribution < -0.4 is 4.72 Å². The molecule has 0 aromatic rings. The van der Waals surface area contributed by atoms with Crippen LogP contribution in [0.3, 0.4) is 0 Å². The molecule has 0 saturated carbocycles. The molecule has 5 heteroatoms. The lowest BCUT2D eigenvalue weighted by atomic mass is 10.2. The fourth-order valence-corrected chi connectivity index (χ4v) is 2.49. The maximum atomic E-state index is 11.4. The highest BCUT2D eigenvalue weighted by atomic mass is 32.2. The van der Waals surface area contributed by atoms with E-state index in [9.17, 15) is 13.5 Å². The molecule has 2 N–H and O–H groups in total. The molecule has 15 heavy (non-hydrogen) atoms. The van der Waals surface area contributed by atoms with Crippen molar-refractivity contribution in [1.29, 1.82) is 0 Å². The first-order valence-corrected chi connectivity index (χ1v) is 7.18. The summed E-state index contributed by atoms with van der Waals surface area (Å²) in [5, 5.41) is 9.36. The Balaban J connectivity index is 3.83. The van der Waals surface area contributed by atoms with Crippen LogP contribution in [0.2, 0.25) is 0 Å². The summed E-state index contributed by atoms with van der Waals surface area (Å²) in [6, 6.07) is 0. The van der Waals surface area contributed by atoms with E-state index < -0.39 is 16.1 Å². The van der Waals surface area contributed by atoms with Crippen LogP contribution in [0.25, 0.3) is 0 Å². The fraction of sp³-hybridized carbons (Fsp3) is 1.00. The van der Waals surface area contributed by atoms with Crippen molar-refractivity contribution >= 4 is 10.0 Å². The zero-order valence-corrected chi connectivity index (χ0v) is 10.7. The predicted molar refractivity (Wildman–Crippen MR) is 62.2 cm³/mol. The largest absolute Gasteiger partial charge is 0.392 e. The first kappa shape index (κ1) is 14.9. The number of rotatable bonds is 8. The zero-order valence-electron chi connectivity index (χ0n) is 9.86. The van der Waals surface area contributed by atoms with Gasteiger partial charge in [-0.25, -0.2) is 13.1 Å². The third-order valence-electron chi connectivity index (χ3n) is 2.12. The number of sulfonamides is 1. The van der Waals surface area contributed by atoms with E-state index in [-0.39, 0.29) is 12.3 Å². The summed E-state index contributed by atoms with van der Waals surface area (Å²) in [6.45, 7) is 6.06. The van der Waals surface area contributed by atoms with E-state index in [1.54, 1.807) is 0 Å². The Morgan fingerprint density at radius 1 is 1.27 bits per heavy atom. The molecule has 0 aliphatic rings. The molecule has 0 amide bonds. The Kier molecular flexibility index (Phi) is 7.13. The second-order valence-electron chi connectivity index (χ2n) is 4.29. The number of aliphatic hydroxyl groups excluding tert-OH is 1. The van der Waals surface area contributed by atoms with Gasteiger partial charge in [-0.1, -0.05) is 27.2 Å². The summed E-state index contributed by atoms with van der Waals surface area (Å²) in [7, 11) is -3.20. The van der Waals surface area contributed by atoms with Crippen molar-refractivity contribution < 1.29 is 13.5 Å². The maximum Gasteiger partial charge on any atom is 0.211 e. The summed E-state index contributed by atoms with van der Waals surface area (Å²) >= 11 is 0. The quantitative estimate of drug-likeness (QED) is 0.664. The highest BCUT2D eigenvalue weighted by molar-refractivity contribution is 7.89. The fourth-order valence-electron chi connectivity index (χ4n) is 1.12. The van der Waals surface area contributed by atoms with Crippen LogP contribution in [0.15, 0.2) is 0 Å². The van der Waals surface area contributed by atoms with Crippen LogP contribution in [0.4, 0.5) is 0 Å². The average molecular weight is 237 g/mol. The van der Waals surface area contributed by atoms with Gasteiger partial charge in [-0.2, -0.15) is 0 Å². The van der Waals surface area contributed by atoms with Crippen molar-refractivity contribution in [2.24, 2.45) is 5.92 Å². The van der Waals surface area contributed by atoms with E-state index in [1.165, 1.54) is 0 Å². The highest BCUT2D eigenvalue weighted by Gasteiger charge is 2.12. The molecule has 0 fully saturated rings. The number of hydrogen-bond donors (Lipinski definition) is 2. The van der Waals surface area contributed by atoms with E-state index >= 15 is 0 Å². The minimum Gasteiger partial charge on any atom is -0.392 e. The van der Waals surface area contributed by atoms with Gasteiger partial charge in [-0.3, -0.25) is 0 Å². The van der Waals surface area contributed by atoms with Gasteiger partial charge in [0.05, 0.1) is 11.9 Å². The highest BCUT2D eigenvalue weighted by Crippen LogP contribution is 2.02. The van der Waals surface area contributed by atoms with Crippen molar-refractivity contribution in [2.45, 2.75) is 46.1 Å². The van der Waals surface area contributed by atoms with E-state index in [2.05, 4.69) is 4.72 Å². The predicted octanol–water partition coefficient (Wildman–Crippen LogP) is 1.11. The van der Waals surface area contributed by atoms with Crippen molar-refractivity contribution in [3.05, 3.63) is 0 Å². The molecule has 0 rings (SSSR count). The lowest BCUT2D eigenvalue weighted by molar-refractivity contribution is 0.167. The SMILES string of the molecule is CCCC(O)CNS(=O)(=O)CCC(C)C. The van der Waals surface area contributed by atoms with Gasteiger partial charge >= 0.3 is 0 Å². The second kappa shape index (κ2) is 7.19. The summed E-state index contributed by atoms with van der Waals surface area (Å²) in [5.74, 6) is 0.519. The van der Waals surface area contributed by atoms with Crippen LogP contribution in [-0.2, 0) is 10.0 Å². The van der Waals surface area contributed by atoms with Gasteiger partial charge in [0.25, 0.3) is 0 Å². The van der Waals surface area contributed by atoms with Crippen molar-refractivity contribution in [2.75, 3.05) is 12.3 Å². The second-order valence-corrected chi connectivity index (χ2v) is 6.22. The Bertz CT molecular complexity index is 249. The molecule has 92 valence electrons. The van der Waals surface area contributed by atoms with E-state index in [4.69, 9.17) is 0 Å².